The quantitative estimate of drug-likeness (QED) is 0.265. The SMILES string of the molecule is C=C(/C=C1\C(=O)C(/C=C2\N(CCO)c3ccc(C(F)(F)F)cc3C2(C)C)=C1O)C(C)(C)c1cc(C(F)(F)F)ccc1C. The lowest BCUT2D eigenvalue weighted by molar-refractivity contribution is -0.138. The Balaban J connectivity index is 1.72. The van der Waals surface area contributed by atoms with Crippen LogP contribution in [0.5, 0.6) is 0 Å². The molecule has 2 aromatic rings. The number of Topliss-reactive ketones (excluding diaryl/α,β-unsaturated/α-hetero) is 1. The number of aryl methyl sites for hydroxylation is 1. The molecule has 1 aliphatic heterocycles. The van der Waals surface area contributed by atoms with Gasteiger partial charge in [-0.2, -0.15) is 26.3 Å². The van der Waals surface area contributed by atoms with Crippen LogP contribution in [0.1, 0.15) is 55.5 Å². The van der Waals surface area contributed by atoms with Gasteiger partial charge < -0.3 is 15.1 Å². The van der Waals surface area contributed by atoms with E-state index in [1.807, 2.05) is 0 Å². The molecule has 0 radical (unpaired) electrons. The van der Waals surface area contributed by atoms with Gasteiger partial charge in [0.2, 0.25) is 5.78 Å². The van der Waals surface area contributed by atoms with E-state index in [4.69, 9.17) is 0 Å². The van der Waals surface area contributed by atoms with Gasteiger partial charge in [-0.1, -0.05) is 40.3 Å². The zero-order valence-electron chi connectivity index (χ0n) is 23.8. The normalized spacial score (nSPS) is 19.0. The number of ketones is 1. The minimum atomic E-state index is -4.56. The third-order valence-corrected chi connectivity index (χ3v) is 8.18. The fourth-order valence-electron chi connectivity index (χ4n) is 5.50. The number of carbonyl (C=O) groups is 1. The van der Waals surface area contributed by atoms with Crippen molar-refractivity contribution in [1.82, 2.24) is 0 Å². The first-order valence-corrected chi connectivity index (χ1v) is 13.1. The molecule has 0 unspecified atom stereocenters. The lowest BCUT2D eigenvalue weighted by Gasteiger charge is -2.31. The third-order valence-electron chi connectivity index (χ3n) is 8.18. The summed E-state index contributed by atoms with van der Waals surface area (Å²) in [7, 11) is 0. The molecule has 4 rings (SSSR count). The molecule has 0 aromatic heterocycles. The maximum absolute atomic E-state index is 13.4. The van der Waals surface area contributed by atoms with Gasteiger partial charge in [-0.3, -0.25) is 4.79 Å². The molecule has 10 heteroatoms. The molecule has 4 nitrogen and oxygen atoms in total. The maximum atomic E-state index is 13.4. The van der Waals surface area contributed by atoms with Gasteiger partial charge in [0.25, 0.3) is 0 Å². The van der Waals surface area contributed by atoms with Gasteiger partial charge in [-0.05, 0) is 71.7 Å². The lowest BCUT2D eigenvalue weighted by Crippen LogP contribution is -2.31. The van der Waals surface area contributed by atoms with Crippen LogP contribution in [0.15, 0.2) is 83.3 Å². The van der Waals surface area contributed by atoms with Crippen LogP contribution < -0.4 is 4.90 Å². The molecular weight excluding hydrogens is 560 g/mol. The molecule has 0 atom stereocenters. The molecule has 2 aliphatic rings. The largest absolute Gasteiger partial charge is 0.506 e. The highest BCUT2D eigenvalue weighted by Crippen LogP contribution is 2.50. The van der Waals surface area contributed by atoms with E-state index in [-0.39, 0.29) is 30.1 Å². The Bertz CT molecular complexity index is 1570. The highest BCUT2D eigenvalue weighted by atomic mass is 19.4. The molecule has 0 amide bonds. The standard InChI is InChI=1S/C32H31F6NO3/c1-17-7-8-19(31(33,34)35)14-23(17)29(3,4)18(2)13-21-27(41)22(28(21)42)16-26-30(5,6)24-15-20(32(36,37)38)9-10-25(24)39(26)11-12-40/h7-10,13-16,40-41H,2,11-12H2,1,3-6H3/b21-13-,26-16-. The molecule has 2 N–H and O–H groups in total. The average molecular weight is 592 g/mol. The zero-order chi connectivity index (χ0) is 31.6. The van der Waals surface area contributed by atoms with Crippen LogP contribution in [0.3, 0.4) is 0 Å². The number of aliphatic hydroxyl groups excluding tert-OH is 2. The first-order valence-electron chi connectivity index (χ1n) is 13.1. The highest BCUT2D eigenvalue weighted by molar-refractivity contribution is 6.21. The summed E-state index contributed by atoms with van der Waals surface area (Å²) in [4.78, 5) is 14.8. The van der Waals surface area contributed by atoms with Crippen LogP contribution in [-0.2, 0) is 28.0 Å². The number of alkyl halides is 6. The predicted molar refractivity (Wildman–Crippen MR) is 148 cm³/mol. The van der Waals surface area contributed by atoms with Gasteiger partial charge >= 0.3 is 12.4 Å². The van der Waals surface area contributed by atoms with Crippen molar-refractivity contribution in [1.29, 1.82) is 0 Å². The number of hydrogen-bond donors (Lipinski definition) is 2. The summed E-state index contributed by atoms with van der Waals surface area (Å²) in [6.07, 6.45) is -6.36. The number of carbonyl (C=O) groups excluding carboxylic acids is 1. The van der Waals surface area contributed by atoms with Crippen molar-refractivity contribution >= 4 is 11.5 Å². The summed E-state index contributed by atoms with van der Waals surface area (Å²) in [5.41, 5.74) is -1.37. The number of β-amino-alcohol motifs (C(OH)–C–C–N with tert-alkyl or cyclic N) is 1. The number of aliphatic hydroxyl groups is 2. The fraction of sp³-hybridized carbons (Fsp3) is 0.344. The Hall–Kier alpha value is -3.79. The van der Waals surface area contributed by atoms with Crippen molar-refractivity contribution in [3.05, 3.63) is 111 Å². The minimum Gasteiger partial charge on any atom is -0.506 e. The second-order valence-electron chi connectivity index (χ2n) is 11.6. The van der Waals surface area contributed by atoms with E-state index in [9.17, 15) is 41.4 Å². The van der Waals surface area contributed by atoms with Crippen LogP contribution in [0.4, 0.5) is 32.0 Å². The van der Waals surface area contributed by atoms with E-state index in [1.165, 1.54) is 24.3 Å². The summed E-state index contributed by atoms with van der Waals surface area (Å²) < 4.78 is 80.5. The predicted octanol–water partition coefficient (Wildman–Crippen LogP) is 7.86. The highest BCUT2D eigenvalue weighted by Gasteiger charge is 2.44. The van der Waals surface area contributed by atoms with Crippen LogP contribution >= 0.6 is 0 Å². The molecule has 0 saturated carbocycles. The number of allylic oxidation sites excluding steroid dienone is 6. The summed E-state index contributed by atoms with van der Waals surface area (Å²) in [6, 6.07) is 6.73. The van der Waals surface area contributed by atoms with E-state index in [0.717, 1.165) is 24.3 Å². The first-order chi connectivity index (χ1) is 19.2. The second-order valence-corrected chi connectivity index (χ2v) is 11.6. The molecule has 42 heavy (non-hydrogen) atoms. The number of hydrogen-bond acceptors (Lipinski definition) is 4. The van der Waals surface area contributed by atoms with E-state index >= 15 is 0 Å². The second kappa shape index (κ2) is 10.2. The maximum Gasteiger partial charge on any atom is 0.416 e. The molecular formula is C32H31F6NO3. The van der Waals surface area contributed by atoms with Gasteiger partial charge in [0, 0.05) is 28.8 Å². The van der Waals surface area contributed by atoms with Crippen LogP contribution in [0, 0.1) is 6.92 Å². The molecule has 0 fully saturated rings. The van der Waals surface area contributed by atoms with Gasteiger partial charge in [0.15, 0.2) is 0 Å². The number of rotatable bonds is 6. The van der Waals surface area contributed by atoms with E-state index in [0.29, 0.717) is 33.6 Å². The number of anilines is 1. The van der Waals surface area contributed by atoms with Crippen molar-refractivity contribution in [2.24, 2.45) is 0 Å². The van der Waals surface area contributed by atoms with E-state index in [2.05, 4.69) is 6.58 Å². The monoisotopic (exact) mass is 591 g/mol. The van der Waals surface area contributed by atoms with Crippen LogP contribution in [0.25, 0.3) is 0 Å². The average Bonchev–Trinajstić information content (AvgIpc) is 3.09. The van der Waals surface area contributed by atoms with Gasteiger partial charge in [-0.15, -0.1) is 0 Å². The van der Waals surface area contributed by atoms with Gasteiger partial charge in [0.1, 0.15) is 5.76 Å². The van der Waals surface area contributed by atoms with E-state index in [1.54, 1.807) is 39.5 Å². The summed E-state index contributed by atoms with van der Waals surface area (Å²) in [5, 5.41) is 20.5. The molecule has 0 bridgehead atoms. The Morgan fingerprint density at radius 3 is 2.12 bits per heavy atom. The van der Waals surface area contributed by atoms with Gasteiger partial charge in [0.05, 0.1) is 28.9 Å². The van der Waals surface area contributed by atoms with Crippen LogP contribution in [0.2, 0.25) is 0 Å². The zero-order valence-corrected chi connectivity index (χ0v) is 23.8. The number of halogens is 6. The number of fused-ring (bicyclic) bond motifs is 1. The first kappa shape index (κ1) is 31.2. The van der Waals surface area contributed by atoms with E-state index < -0.39 is 40.1 Å². The summed E-state index contributed by atoms with van der Waals surface area (Å²) in [5.74, 6) is -0.915. The Labute approximate surface area is 240 Å². The summed E-state index contributed by atoms with van der Waals surface area (Å²) in [6.45, 7) is 12.1. The molecule has 2 aromatic carbocycles. The fourth-order valence-corrected chi connectivity index (χ4v) is 5.50. The smallest absolute Gasteiger partial charge is 0.416 e. The molecule has 0 spiro atoms. The van der Waals surface area contributed by atoms with Crippen LogP contribution in [-0.4, -0.2) is 29.1 Å². The van der Waals surface area contributed by atoms with Crippen molar-refractivity contribution in [2.45, 2.75) is 57.8 Å². The minimum absolute atomic E-state index is 0.0416. The van der Waals surface area contributed by atoms with Crippen molar-refractivity contribution < 1.29 is 41.4 Å². The Morgan fingerprint density at radius 2 is 1.57 bits per heavy atom. The third kappa shape index (κ3) is 5.17. The van der Waals surface area contributed by atoms with Crippen molar-refractivity contribution in [3.8, 4) is 0 Å². The molecule has 224 valence electrons. The van der Waals surface area contributed by atoms with Crippen molar-refractivity contribution in [3.63, 3.8) is 0 Å². The molecule has 1 aliphatic carbocycles. The van der Waals surface area contributed by atoms with Gasteiger partial charge in [-0.25, -0.2) is 0 Å². The number of benzene rings is 2. The Morgan fingerprint density at radius 1 is 1.00 bits per heavy atom. The summed E-state index contributed by atoms with van der Waals surface area (Å²) >= 11 is 0. The number of nitrogens with zero attached hydrogens (tertiary/aromatic N) is 1. The topological polar surface area (TPSA) is 60.8 Å². The Kier molecular flexibility index (Phi) is 7.55. The molecule has 1 heterocycles. The lowest BCUT2D eigenvalue weighted by atomic mass is 9.73. The molecule has 0 saturated heterocycles. The van der Waals surface area contributed by atoms with Crippen molar-refractivity contribution in [2.75, 3.05) is 18.1 Å².